The zero-order valence-corrected chi connectivity index (χ0v) is 18.1. The Hall–Kier alpha value is -5.16. The Morgan fingerprint density at radius 3 is 1.43 bits per heavy atom. The van der Waals surface area contributed by atoms with Crippen LogP contribution >= 0.6 is 0 Å². The lowest BCUT2D eigenvalue weighted by atomic mass is 9.99. The molecular formula is C24H19N5O6. The zero-order chi connectivity index (χ0) is 25.4. The standard InChI is InChI=1S/C12H9N5O6.C12H10/c13-14-9-4-2-1-3-8(9)12-10(16(20)21)5-7(15(18)19)6-11(12)17(22)23;1-3-7-11(8-4-1)12-9-5-2-6-10-12/h1-6,14H,13H2;1-10H. The summed E-state index contributed by atoms with van der Waals surface area (Å²) in [5.74, 6) is 5.32. The summed E-state index contributed by atoms with van der Waals surface area (Å²) in [4.78, 5) is 30.6. The van der Waals surface area contributed by atoms with E-state index in [4.69, 9.17) is 5.84 Å². The van der Waals surface area contributed by atoms with Gasteiger partial charge in [0.05, 0.1) is 32.6 Å². The molecule has 0 aliphatic heterocycles. The van der Waals surface area contributed by atoms with Crippen molar-refractivity contribution >= 4 is 22.7 Å². The fourth-order valence-electron chi connectivity index (χ4n) is 3.35. The molecule has 0 bridgehead atoms. The molecule has 0 saturated heterocycles. The summed E-state index contributed by atoms with van der Waals surface area (Å²) in [5.41, 5.74) is 2.51. The van der Waals surface area contributed by atoms with Crippen LogP contribution in [0.25, 0.3) is 22.3 Å². The number of nitrogen functional groups attached to an aromatic ring is 1. The number of hydrogen-bond donors (Lipinski definition) is 2. The number of benzene rings is 4. The topological polar surface area (TPSA) is 167 Å². The van der Waals surface area contributed by atoms with Crippen molar-refractivity contribution in [3.8, 4) is 22.3 Å². The van der Waals surface area contributed by atoms with Crippen LogP contribution in [0, 0.1) is 30.3 Å². The first-order valence-corrected chi connectivity index (χ1v) is 10.1. The number of anilines is 1. The lowest BCUT2D eigenvalue weighted by Crippen LogP contribution is -2.09. The minimum atomic E-state index is -0.934. The van der Waals surface area contributed by atoms with Gasteiger partial charge in [-0.15, -0.1) is 0 Å². The molecule has 0 radical (unpaired) electrons. The normalized spacial score (nSPS) is 9.97. The molecule has 11 heteroatoms. The summed E-state index contributed by atoms with van der Waals surface area (Å²) in [7, 11) is 0. The molecule has 4 aromatic carbocycles. The van der Waals surface area contributed by atoms with Crippen LogP contribution in [-0.4, -0.2) is 14.8 Å². The molecule has 0 fully saturated rings. The Balaban J connectivity index is 0.000000237. The highest BCUT2D eigenvalue weighted by Gasteiger charge is 2.32. The predicted molar refractivity (Wildman–Crippen MR) is 132 cm³/mol. The molecule has 0 heterocycles. The molecule has 35 heavy (non-hydrogen) atoms. The van der Waals surface area contributed by atoms with Crippen LogP contribution in [0.15, 0.2) is 97.1 Å². The van der Waals surface area contributed by atoms with Crippen molar-refractivity contribution < 1.29 is 14.8 Å². The third kappa shape index (κ3) is 5.80. The van der Waals surface area contributed by atoms with E-state index >= 15 is 0 Å². The van der Waals surface area contributed by atoms with E-state index in [0.717, 1.165) is 0 Å². The van der Waals surface area contributed by atoms with Gasteiger partial charge in [0.2, 0.25) is 0 Å². The smallest absolute Gasteiger partial charge is 0.291 e. The van der Waals surface area contributed by atoms with Crippen molar-refractivity contribution in [2.24, 2.45) is 5.84 Å². The van der Waals surface area contributed by atoms with Crippen molar-refractivity contribution in [1.82, 2.24) is 0 Å². The fourth-order valence-corrected chi connectivity index (χ4v) is 3.35. The second-order valence-corrected chi connectivity index (χ2v) is 7.05. The average Bonchev–Trinajstić information content (AvgIpc) is 2.89. The molecule has 11 nitrogen and oxygen atoms in total. The van der Waals surface area contributed by atoms with Gasteiger partial charge in [0, 0.05) is 5.56 Å². The van der Waals surface area contributed by atoms with Crippen molar-refractivity contribution in [2.75, 3.05) is 5.43 Å². The van der Waals surface area contributed by atoms with Crippen LogP contribution < -0.4 is 11.3 Å². The number of nitrogens with one attached hydrogen (secondary N) is 1. The van der Waals surface area contributed by atoms with E-state index in [-0.39, 0.29) is 16.8 Å². The quantitative estimate of drug-likeness (QED) is 0.204. The second-order valence-electron chi connectivity index (χ2n) is 7.05. The Labute approximate surface area is 198 Å². The van der Waals surface area contributed by atoms with Gasteiger partial charge in [-0.05, 0) is 17.2 Å². The number of nitro benzene ring substituents is 3. The summed E-state index contributed by atoms with van der Waals surface area (Å²) in [6.07, 6.45) is 0. The van der Waals surface area contributed by atoms with E-state index in [9.17, 15) is 30.3 Å². The summed E-state index contributed by atoms with van der Waals surface area (Å²) >= 11 is 0. The highest BCUT2D eigenvalue weighted by Crippen LogP contribution is 2.43. The Morgan fingerprint density at radius 1 is 0.600 bits per heavy atom. The first kappa shape index (κ1) is 24.5. The van der Waals surface area contributed by atoms with Crippen LogP contribution in [-0.2, 0) is 0 Å². The highest BCUT2D eigenvalue weighted by molar-refractivity contribution is 5.90. The molecule has 0 spiro atoms. The molecule has 0 saturated carbocycles. The van der Waals surface area contributed by atoms with Crippen LogP contribution in [0.3, 0.4) is 0 Å². The molecule has 0 amide bonds. The molecule has 176 valence electrons. The minimum absolute atomic E-state index is 0.0864. The number of nitrogens with zero attached hydrogens (tertiary/aromatic N) is 3. The number of non-ortho nitro benzene ring substituents is 1. The van der Waals surface area contributed by atoms with Gasteiger partial charge >= 0.3 is 0 Å². The lowest BCUT2D eigenvalue weighted by molar-refractivity contribution is -0.402. The van der Waals surface area contributed by atoms with E-state index in [2.05, 4.69) is 54.0 Å². The van der Waals surface area contributed by atoms with Crippen LogP contribution in [0.5, 0.6) is 0 Å². The third-order valence-electron chi connectivity index (χ3n) is 4.92. The number of nitro groups is 3. The number of hydrogen-bond acceptors (Lipinski definition) is 8. The predicted octanol–water partition coefficient (Wildman–Crippen LogP) is 5.72. The van der Waals surface area contributed by atoms with E-state index in [1.807, 2.05) is 12.1 Å². The van der Waals surface area contributed by atoms with Gasteiger partial charge in [-0.2, -0.15) is 0 Å². The number of para-hydroxylation sites is 1. The van der Waals surface area contributed by atoms with Crippen LogP contribution in [0.1, 0.15) is 0 Å². The Morgan fingerprint density at radius 2 is 1.03 bits per heavy atom. The molecule has 0 aromatic heterocycles. The van der Waals surface area contributed by atoms with Gasteiger partial charge in [0.1, 0.15) is 5.56 Å². The molecule has 0 aliphatic carbocycles. The summed E-state index contributed by atoms with van der Waals surface area (Å²) in [6.45, 7) is 0. The number of rotatable bonds is 6. The largest absolute Gasteiger partial charge is 0.324 e. The number of nitrogens with two attached hydrogens (primary N) is 1. The Kier molecular flexibility index (Phi) is 7.78. The molecule has 0 unspecified atom stereocenters. The van der Waals surface area contributed by atoms with Gasteiger partial charge < -0.3 is 5.43 Å². The minimum Gasteiger partial charge on any atom is -0.324 e. The van der Waals surface area contributed by atoms with Gasteiger partial charge in [-0.1, -0.05) is 78.9 Å². The molecule has 4 rings (SSSR count). The maximum Gasteiger partial charge on any atom is 0.291 e. The monoisotopic (exact) mass is 473 g/mol. The van der Waals surface area contributed by atoms with Crippen molar-refractivity contribution in [3.05, 3.63) is 127 Å². The first-order valence-electron chi connectivity index (χ1n) is 10.1. The molecule has 3 N–H and O–H groups in total. The number of hydrazine groups is 1. The summed E-state index contributed by atoms with van der Waals surface area (Å²) < 4.78 is 0. The van der Waals surface area contributed by atoms with Crippen molar-refractivity contribution in [3.63, 3.8) is 0 Å². The van der Waals surface area contributed by atoms with Crippen LogP contribution in [0.2, 0.25) is 0 Å². The van der Waals surface area contributed by atoms with Gasteiger partial charge in [0.25, 0.3) is 17.1 Å². The first-order chi connectivity index (χ1) is 16.8. The molecule has 0 atom stereocenters. The second kappa shape index (κ2) is 11.1. The van der Waals surface area contributed by atoms with E-state index < -0.39 is 31.8 Å². The Bertz CT molecular complexity index is 1290. The third-order valence-corrected chi connectivity index (χ3v) is 4.92. The van der Waals surface area contributed by atoms with Gasteiger partial charge in [-0.3, -0.25) is 36.2 Å². The SMILES string of the molecule is NNc1ccccc1-c1c([N+](=O)[O-])cc([N+](=O)[O-])cc1[N+](=O)[O-].c1ccc(-c2ccccc2)cc1. The maximum atomic E-state index is 11.3. The van der Waals surface area contributed by atoms with E-state index in [1.165, 1.54) is 29.3 Å². The van der Waals surface area contributed by atoms with Gasteiger partial charge in [0.15, 0.2) is 0 Å². The highest BCUT2D eigenvalue weighted by atomic mass is 16.6. The van der Waals surface area contributed by atoms with E-state index in [0.29, 0.717) is 12.1 Å². The van der Waals surface area contributed by atoms with Gasteiger partial charge in [-0.25, -0.2) is 0 Å². The van der Waals surface area contributed by atoms with Crippen molar-refractivity contribution in [1.29, 1.82) is 0 Å². The zero-order valence-electron chi connectivity index (χ0n) is 18.1. The summed E-state index contributed by atoms with van der Waals surface area (Å²) in [6, 6.07) is 28.1. The maximum absolute atomic E-state index is 11.3. The fraction of sp³-hybridized carbons (Fsp3) is 0. The lowest BCUT2D eigenvalue weighted by Gasteiger charge is -2.09. The summed E-state index contributed by atoms with van der Waals surface area (Å²) in [5, 5.41) is 33.4. The molecule has 4 aromatic rings. The molecular weight excluding hydrogens is 454 g/mol. The average molecular weight is 473 g/mol. The molecule has 0 aliphatic rings. The van der Waals surface area contributed by atoms with Crippen LogP contribution in [0.4, 0.5) is 22.7 Å². The van der Waals surface area contributed by atoms with E-state index in [1.54, 1.807) is 6.07 Å². The van der Waals surface area contributed by atoms with Crippen molar-refractivity contribution in [2.45, 2.75) is 0 Å².